The molecular formula is C24H20Cl2N4O4. The van der Waals surface area contributed by atoms with Crippen LogP contribution in [0.4, 0.5) is 4.79 Å². The number of piperazine rings is 1. The van der Waals surface area contributed by atoms with E-state index in [-0.39, 0.29) is 28.8 Å². The molecule has 2 amide bonds. The third-order valence-electron chi connectivity index (χ3n) is 5.84. The van der Waals surface area contributed by atoms with Gasteiger partial charge >= 0.3 is 6.09 Å². The molecule has 0 radical (unpaired) electrons. The number of aromatic nitrogens is 2. The Morgan fingerprint density at radius 2 is 1.74 bits per heavy atom. The van der Waals surface area contributed by atoms with Crippen LogP contribution in [0.15, 0.2) is 48.5 Å². The first-order valence-corrected chi connectivity index (χ1v) is 11.4. The van der Waals surface area contributed by atoms with Crippen molar-refractivity contribution in [1.29, 1.82) is 0 Å². The quantitative estimate of drug-likeness (QED) is 0.421. The van der Waals surface area contributed by atoms with Crippen LogP contribution in [0.5, 0.6) is 5.75 Å². The van der Waals surface area contributed by atoms with Gasteiger partial charge in [0.05, 0.1) is 15.7 Å². The molecule has 8 nitrogen and oxygen atoms in total. The SMILES string of the molecule is O=C(OCc1ccc2c(Cl)cc(Cl)c(O)c2n1)N1CCN(C(=O)c2cc3ccccc3[nH]2)CC1. The summed E-state index contributed by atoms with van der Waals surface area (Å²) < 4.78 is 5.40. The zero-order valence-electron chi connectivity index (χ0n) is 17.9. The van der Waals surface area contributed by atoms with E-state index >= 15 is 0 Å². The van der Waals surface area contributed by atoms with Crippen LogP contribution < -0.4 is 0 Å². The molecule has 34 heavy (non-hydrogen) atoms. The molecule has 0 unspecified atom stereocenters. The lowest BCUT2D eigenvalue weighted by atomic mass is 10.2. The van der Waals surface area contributed by atoms with E-state index in [1.807, 2.05) is 30.3 Å². The number of para-hydroxylation sites is 1. The molecule has 1 saturated heterocycles. The molecule has 2 N–H and O–H groups in total. The average Bonchev–Trinajstić information content (AvgIpc) is 3.30. The number of fused-ring (bicyclic) bond motifs is 2. The molecule has 174 valence electrons. The van der Waals surface area contributed by atoms with Crippen LogP contribution in [0.1, 0.15) is 16.2 Å². The van der Waals surface area contributed by atoms with Crippen molar-refractivity contribution in [3.05, 3.63) is 70.0 Å². The molecule has 2 aromatic heterocycles. The second-order valence-electron chi connectivity index (χ2n) is 7.99. The number of hydrogen-bond acceptors (Lipinski definition) is 5. The molecule has 2 aromatic carbocycles. The normalized spacial score (nSPS) is 14.1. The van der Waals surface area contributed by atoms with Gasteiger partial charge in [-0.15, -0.1) is 0 Å². The van der Waals surface area contributed by atoms with E-state index in [0.717, 1.165) is 10.9 Å². The van der Waals surface area contributed by atoms with Crippen molar-refractivity contribution in [2.45, 2.75) is 6.61 Å². The fourth-order valence-electron chi connectivity index (χ4n) is 4.00. The number of H-pyrrole nitrogens is 1. The number of carbonyl (C=O) groups excluding carboxylic acids is 2. The summed E-state index contributed by atoms with van der Waals surface area (Å²) in [7, 11) is 0. The zero-order valence-corrected chi connectivity index (χ0v) is 19.4. The largest absolute Gasteiger partial charge is 0.504 e. The van der Waals surface area contributed by atoms with Gasteiger partial charge < -0.3 is 24.6 Å². The predicted molar refractivity (Wildman–Crippen MR) is 129 cm³/mol. The summed E-state index contributed by atoms with van der Waals surface area (Å²) in [5.74, 6) is -0.272. The highest BCUT2D eigenvalue weighted by Gasteiger charge is 2.26. The monoisotopic (exact) mass is 498 g/mol. The maximum atomic E-state index is 12.9. The smallest absolute Gasteiger partial charge is 0.410 e. The van der Waals surface area contributed by atoms with Crippen molar-refractivity contribution in [3.63, 3.8) is 0 Å². The maximum Gasteiger partial charge on any atom is 0.410 e. The first kappa shape index (κ1) is 22.3. The van der Waals surface area contributed by atoms with Crippen molar-refractivity contribution in [1.82, 2.24) is 19.8 Å². The second-order valence-corrected chi connectivity index (χ2v) is 8.81. The molecule has 0 atom stereocenters. The molecule has 10 heteroatoms. The molecular weight excluding hydrogens is 479 g/mol. The molecule has 0 aliphatic carbocycles. The fraction of sp³-hybridized carbons (Fsp3) is 0.208. The number of benzene rings is 2. The van der Waals surface area contributed by atoms with Gasteiger partial charge in [0.25, 0.3) is 5.91 Å². The Kier molecular flexibility index (Phi) is 5.93. The predicted octanol–water partition coefficient (Wildman–Crippen LogP) is 4.82. The summed E-state index contributed by atoms with van der Waals surface area (Å²) >= 11 is 12.1. The Hall–Kier alpha value is -3.49. The molecule has 5 rings (SSSR count). The molecule has 0 bridgehead atoms. The Bertz CT molecular complexity index is 1380. The van der Waals surface area contributed by atoms with E-state index in [4.69, 9.17) is 27.9 Å². The summed E-state index contributed by atoms with van der Waals surface area (Å²) in [5, 5.41) is 12.2. The van der Waals surface area contributed by atoms with Crippen molar-refractivity contribution >= 4 is 57.0 Å². The second kappa shape index (κ2) is 9.04. The van der Waals surface area contributed by atoms with E-state index in [9.17, 15) is 14.7 Å². The first-order valence-electron chi connectivity index (χ1n) is 10.7. The average molecular weight is 499 g/mol. The van der Waals surface area contributed by atoms with E-state index < -0.39 is 6.09 Å². The number of nitrogens with zero attached hydrogens (tertiary/aromatic N) is 3. The Labute approximate surface area is 204 Å². The van der Waals surface area contributed by atoms with Crippen molar-refractivity contribution in [2.24, 2.45) is 0 Å². The van der Waals surface area contributed by atoms with E-state index in [2.05, 4.69) is 9.97 Å². The van der Waals surface area contributed by atoms with Gasteiger partial charge in [-0.1, -0.05) is 41.4 Å². The summed E-state index contributed by atoms with van der Waals surface area (Å²) in [5.41, 5.74) is 2.13. The van der Waals surface area contributed by atoms with Crippen molar-refractivity contribution in [3.8, 4) is 5.75 Å². The van der Waals surface area contributed by atoms with Crippen LogP contribution in [-0.2, 0) is 11.3 Å². The molecule has 0 spiro atoms. The minimum Gasteiger partial charge on any atom is -0.504 e. The Morgan fingerprint density at radius 3 is 2.50 bits per heavy atom. The van der Waals surface area contributed by atoms with E-state index in [1.165, 1.54) is 6.07 Å². The molecule has 0 saturated carbocycles. The number of halogens is 2. The standard InChI is InChI=1S/C24H20Cl2N4O4/c25-17-12-18(26)22(31)21-16(17)6-5-15(27-21)13-34-24(33)30-9-7-29(8-10-30)23(32)20-11-14-3-1-2-4-19(14)28-20/h1-6,11-12,28,31H,7-10,13H2. The molecule has 1 fully saturated rings. The van der Waals surface area contributed by atoms with Gasteiger partial charge in [0.15, 0.2) is 5.75 Å². The van der Waals surface area contributed by atoms with Crippen LogP contribution in [0.2, 0.25) is 10.0 Å². The minimum absolute atomic E-state index is 0.0768. The number of phenolic OH excluding ortho intramolecular Hbond substituents is 1. The third kappa shape index (κ3) is 4.22. The summed E-state index contributed by atoms with van der Waals surface area (Å²) in [4.78, 5) is 36.2. The van der Waals surface area contributed by atoms with Gasteiger partial charge in [0.1, 0.15) is 17.8 Å². The number of rotatable bonds is 3. The highest BCUT2D eigenvalue weighted by molar-refractivity contribution is 6.39. The highest BCUT2D eigenvalue weighted by Crippen LogP contribution is 2.36. The van der Waals surface area contributed by atoms with Gasteiger partial charge in [0, 0.05) is 42.5 Å². The van der Waals surface area contributed by atoms with Gasteiger partial charge in [-0.05, 0) is 30.3 Å². The number of aromatic amines is 1. The lowest BCUT2D eigenvalue weighted by Crippen LogP contribution is -2.50. The number of ether oxygens (including phenoxy) is 1. The molecule has 4 aromatic rings. The summed E-state index contributed by atoms with van der Waals surface area (Å²) in [6, 6.07) is 14.4. The van der Waals surface area contributed by atoms with Crippen LogP contribution in [0.3, 0.4) is 0 Å². The Balaban J connectivity index is 1.18. The number of aromatic hydroxyl groups is 1. The summed E-state index contributed by atoms with van der Waals surface area (Å²) in [6.07, 6.45) is -0.493. The topological polar surface area (TPSA) is 98.8 Å². The van der Waals surface area contributed by atoms with Gasteiger partial charge in [-0.25, -0.2) is 9.78 Å². The number of pyridine rings is 1. The number of hydrogen-bond donors (Lipinski definition) is 2. The van der Waals surface area contributed by atoms with E-state index in [1.54, 1.807) is 21.9 Å². The van der Waals surface area contributed by atoms with Crippen molar-refractivity contribution in [2.75, 3.05) is 26.2 Å². The lowest BCUT2D eigenvalue weighted by Gasteiger charge is -2.33. The Morgan fingerprint density at radius 1 is 1.00 bits per heavy atom. The molecule has 3 heterocycles. The van der Waals surface area contributed by atoms with Crippen molar-refractivity contribution < 1.29 is 19.4 Å². The van der Waals surface area contributed by atoms with Gasteiger partial charge in [-0.3, -0.25) is 4.79 Å². The first-order chi connectivity index (χ1) is 16.4. The number of phenols is 1. The van der Waals surface area contributed by atoms with Gasteiger partial charge in [-0.2, -0.15) is 0 Å². The van der Waals surface area contributed by atoms with Gasteiger partial charge in [0.2, 0.25) is 0 Å². The molecule has 1 aliphatic rings. The maximum absolute atomic E-state index is 12.9. The van der Waals surface area contributed by atoms with Crippen LogP contribution in [-0.4, -0.2) is 63.1 Å². The summed E-state index contributed by atoms with van der Waals surface area (Å²) in [6.45, 7) is 1.46. The minimum atomic E-state index is -0.493. The number of nitrogens with one attached hydrogen (secondary N) is 1. The molecule has 1 aliphatic heterocycles. The van der Waals surface area contributed by atoms with Crippen LogP contribution >= 0.6 is 23.2 Å². The fourth-order valence-corrected chi connectivity index (χ4v) is 4.52. The number of carbonyl (C=O) groups is 2. The van der Waals surface area contributed by atoms with Crippen LogP contribution in [0.25, 0.3) is 21.8 Å². The third-order valence-corrected chi connectivity index (χ3v) is 6.44. The van der Waals surface area contributed by atoms with Crippen LogP contribution in [0, 0.1) is 0 Å². The van der Waals surface area contributed by atoms with E-state index in [0.29, 0.717) is 48.0 Å². The lowest BCUT2D eigenvalue weighted by molar-refractivity contribution is 0.0538. The number of amides is 2. The highest BCUT2D eigenvalue weighted by atomic mass is 35.5. The zero-order chi connectivity index (χ0) is 23.8.